The largest absolute Gasteiger partial charge is 0.494 e. The van der Waals surface area contributed by atoms with Crippen LogP contribution >= 0.6 is 0 Å². The summed E-state index contributed by atoms with van der Waals surface area (Å²) in [6, 6.07) is 66.7. The molecule has 1 aliphatic rings. The molecule has 0 bridgehead atoms. The molecule has 0 atom stereocenters. The standard InChI is InChI=1S/C80H91NO4/c1-5-9-13-17-19-21-51-80(52-22-20-18-14-10-6-2)76-56-66(37-49-74(76)75-50-38-67(57-77(75)80)79-58-68-26-25-60(59-82)55-78(68)85-79)65-31-43-71(44-32-65)81(69-39-27-61(28-40-69)63-33-45-72(46-34-63)83-53-23-15-11-7-3)70-41-29-62(30-42-70)64-35-47-73(48-36-64)84-54-24-16-12-8-4/h25-50,55-59H,5-24,51-54H2,1-4H3. The number of carbonyl (C=O) groups is 1. The molecule has 1 aliphatic carbocycles. The third-order valence-electron chi connectivity index (χ3n) is 17.9. The van der Waals surface area contributed by atoms with Gasteiger partial charge in [-0.2, -0.15) is 0 Å². The number of carbonyl (C=O) groups excluding carboxylic acids is 1. The van der Waals surface area contributed by atoms with Crippen molar-refractivity contribution in [1.82, 2.24) is 0 Å². The van der Waals surface area contributed by atoms with Crippen LogP contribution in [-0.2, 0) is 5.41 Å². The normalized spacial score (nSPS) is 12.3. The number of anilines is 3. The van der Waals surface area contributed by atoms with E-state index in [1.54, 1.807) is 0 Å². The molecule has 440 valence electrons. The van der Waals surface area contributed by atoms with E-state index in [-0.39, 0.29) is 5.41 Å². The maximum Gasteiger partial charge on any atom is 0.150 e. The summed E-state index contributed by atoms with van der Waals surface area (Å²) in [6.07, 6.45) is 27.9. The second-order valence-corrected chi connectivity index (χ2v) is 24.0. The van der Waals surface area contributed by atoms with Gasteiger partial charge >= 0.3 is 0 Å². The van der Waals surface area contributed by atoms with Crippen molar-refractivity contribution in [3.63, 3.8) is 0 Å². The lowest BCUT2D eigenvalue weighted by atomic mass is 9.70. The third kappa shape index (κ3) is 15.1. The van der Waals surface area contributed by atoms with Crippen molar-refractivity contribution in [3.05, 3.63) is 199 Å². The summed E-state index contributed by atoms with van der Waals surface area (Å²) >= 11 is 0. The van der Waals surface area contributed by atoms with Gasteiger partial charge in [-0.05, 0) is 166 Å². The third-order valence-corrected chi connectivity index (χ3v) is 17.9. The number of benzene rings is 8. The Morgan fingerprint density at radius 1 is 0.376 bits per heavy atom. The summed E-state index contributed by atoms with van der Waals surface area (Å²) < 4.78 is 18.8. The van der Waals surface area contributed by atoms with Gasteiger partial charge in [0.05, 0.1) is 13.2 Å². The fourth-order valence-corrected chi connectivity index (χ4v) is 13.0. The number of fused-ring (bicyclic) bond motifs is 4. The van der Waals surface area contributed by atoms with Gasteiger partial charge in [0.2, 0.25) is 0 Å². The highest BCUT2D eigenvalue weighted by atomic mass is 16.5. The van der Waals surface area contributed by atoms with Gasteiger partial charge in [0, 0.05) is 39.0 Å². The van der Waals surface area contributed by atoms with Gasteiger partial charge in [-0.25, -0.2) is 0 Å². The average Bonchev–Trinajstić information content (AvgIpc) is 1.68. The fraction of sp³-hybridized carbons (Fsp3) is 0.362. The molecular formula is C80H91NO4. The van der Waals surface area contributed by atoms with E-state index in [9.17, 15) is 4.79 Å². The Hall–Kier alpha value is -7.63. The first-order valence-corrected chi connectivity index (χ1v) is 32.8. The number of furan rings is 1. The molecule has 9 aromatic rings. The number of hydrogen-bond acceptors (Lipinski definition) is 5. The molecule has 0 saturated carbocycles. The number of hydrogen-bond donors (Lipinski definition) is 0. The van der Waals surface area contributed by atoms with E-state index in [4.69, 9.17) is 13.9 Å². The Morgan fingerprint density at radius 2 is 0.753 bits per heavy atom. The number of unbranched alkanes of at least 4 members (excludes halogenated alkanes) is 16. The van der Waals surface area contributed by atoms with E-state index in [1.807, 2.05) is 18.2 Å². The highest BCUT2D eigenvalue weighted by Crippen LogP contribution is 2.56. The highest BCUT2D eigenvalue weighted by Gasteiger charge is 2.43. The van der Waals surface area contributed by atoms with Crippen molar-refractivity contribution >= 4 is 34.3 Å². The molecule has 0 fully saturated rings. The first kappa shape index (κ1) is 60.5. The lowest BCUT2D eigenvalue weighted by Gasteiger charge is -2.33. The Balaban J connectivity index is 0.972. The van der Waals surface area contributed by atoms with Crippen LogP contribution in [0.15, 0.2) is 186 Å². The molecule has 0 radical (unpaired) electrons. The zero-order chi connectivity index (χ0) is 58.6. The first-order valence-electron chi connectivity index (χ1n) is 32.8. The van der Waals surface area contributed by atoms with Crippen molar-refractivity contribution in [1.29, 1.82) is 0 Å². The van der Waals surface area contributed by atoms with Gasteiger partial charge in [0.25, 0.3) is 0 Å². The molecule has 0 amide bonds. The molecule has 8 aromatic carbocycles. The average molecular weight is 1130 g/mol. The van der Waals surface area contributed by atoms with Gasteiger partial charge in [0.1, 0.15) is 29.1 Å². The summed E-state index contributed by atoms with van der Waals surface area (Å²) in [5.41, 5.74) is 18.4. The summed E-state index contributed by atoms with van der Waals surface area (Å²) in [7, 11) is 0. The molecule has 0 unspecified atom stereocenters. The SMILES string of the molecule is CCCCCCCCC1(CCCCCCCC)c2cc(-c3ccc(N(c4ccc(-c5ccc(OCCCCCC)cc5)cc4)c4ccc(-c5ccc(OCCCCCC)cc5)cc4)cc3)ccc2-c2ccc(-c3cc4ccc(C=O)cc4o3)cc21. The number of rotatable bonds is 34. The lowest BCUT2D eigenvalue weighted by Crippen LogP contribution is -2.25. The maximum absolute atomic E-state index is 11.7. The molecule has 0 aliphatic heterocycles. The van der Waals surface area contributed by atoms with E-state index in [1.165, 1.54) is 171 Å². The van der Waals surface area contributed by atoms with Crippen LogP contribution in [0.25, 0.3) is 66.8 Å². The molecule has 1 aromatic heterocycles. The Kier molecular flexibility index (Phi) is 21.7. The molecular weight excluding hydrogens is 1040 g/mol. The summed E-state index contributed by atoms with van der Waals surface area (Å²) in [6.45, 7) is 10.6. The van der Waals surface area contributed by atoms with Crippen molar-refractivity contribution in [2.45, 2.75) is 174 Å². The minimum Gasteiger partial charge on any atom is -0.494 e. The fourth-order valence-electron chi connectivity index (χ4n) is 13.0. The molecule has 5 nitrogen and oxygen atoms in total. The number of nitrogens with zero attached hydrogens (tertiary/aromatic N) is 1. The van der Waals surface area contributed by atoms with Gasteiger partial charge in [-0.3, -0.25) is 4.79 Å². The van der Waals surface area contributed by atoms with Crippen molar-refractivity contribution in [3.8, 4) is 67.3 Å². The summed E-state index contributed by atoms with van der Waals surface area (Å²) in [5, 5.41) is 1.01. The molecule has 0 saturated heterocycles. The van der Waals surface area contributed by atoms with Crippen molar-refractivity contribution in [2.75, 3.05) is 18.1 Å². The van der Waals surface area contributed by atoms with Gasteiger partial charge < -0.3 is 18.8 Å². The summed E-state index contributed by atoms with van der Waals surface area (Å²) in [4.78, 5) is 14.1. The lowest BCUT2D eigenvalue weighted by molar-refractivity contribution is 0.112. The highest BCUT2D eigenvalue weighted by molar-refractivity contribution is 5.91. The topological polar surface area (TPSA) is 51.9 Å². The van der Waals surface area contributed by atoms with Gasteiger partial charge in [-0.1, -0.05) is 240 Å². The summed E-state index contributed by atoms with van der Waals surface area (Å²) in [5.74, 6) is 2.70. The van der Waals surface area contributed by atoms with E-state index in [0.29, 0.717) is 5.56 Å². The van der Waals surface area contributed by atoms with E-state index < -0.39 is 0 Å². The van der Waals surface area contributed by atoms with Crippen LogP contribution in [0.4, 0.5) is 17.1 Å². The predicted molar refractivity (Wildman–Crippen MR) is 360 cm³/mol. The second kappa shape index (κ2) is 30.4. The minimum atomic E-state index is -0.134. The van der Waals surface area contributed by atoms with Gasteiger partial charge in [-0.15, -0.1) is 0 Å². The molecule has 0 N–H and O–H groups in total. The smallest absolute Gasteiger partial charge is 0.150 e. The van der Waals surface area contributed by atoms with Crippen LogP contribution in [0.2, 0.25) is 0 Å². The predicted octanol–water partition coefficient (Wildman–Crippen LogP) is 24.1. The molecule has 85 heavy (non-hydrogen) atoms. The zero-order valence-electron chi connectivity index (χ0n) is 51.4. The van der Waals surface area contributed by atoms with Crippen molar-refractivity contribution < 1.29 is 18.7 Å². The Morgan fingerprint density at radius 3 is 1.20 bits per heavy atom. The van der Waals surface area contributed by atoms with Crippen molar-refractivity contribution in [2.24, 2.45) is 0 Å². The maximum atomic E-state index is 11.7. The van der Waals surface area contributed by atoms with Crippen LogP contribution in [-0.4, -0.2) is 19.5 Å². The van der Waals surface area contributed by atoms with E-state index in [2.05, 4.69) is 196 Å². The molecule has 0 spiro atoms. The Bertz CT molecular complexity index is 3380. The molecule has 10 rings (SSSR count). The van der Waals surface area contributed by atoms with Crippen LogP contribution in [0.5, 0.6) is 11.5 Å². The zero-order valence-corrected chi connectivity index (χ0v) is 51.4. The number of ether oxygens (including phenoxy) is 2. The Labute approximate surface area is 508 Å². The minimum absolute atomic E-state index is 0.134. The van der Waals surface area contributed by atoms with E-state index in [0.717, 1.165) is 96.0 Å². The van der Waals surface area contributed by atoms with Crippen LogP contribution in [0, 0.1) is 0 Å². The van der Waals surface area contributed by atoms with E-state index >= 15 is 0 Å². The molecule has 1 heterocycles. The second-order valence-electron chi connectivity index (χ2n) is 24.0. The monoisotopic (exact) mass is 1130 g/mol. The number of aldehydes is 1. The van der Waals surface area contributed by atoms with Crippen LogP contribution in [0.3, 0.4) is 0 Å². The quantitative estimate of drug-likeness (QED) is 0.0297. The van der Waals surface area contributed by atoms with Gasteiger partial charge in [0.15, 0.2) is 0 Å². The van der Waals surface area contributed by atoms with Crippen LogP contribution < -0.4 is 14.4 Å². The first-order chi connectivity index (χ1) is 41.9. The van der Waals surface area contributed by atoms with Crippen LogP contribution in [0.1, 0.15) is 190 Å². The molecule has 5 heteroatoms.